The van der Waals surface area contributed by atoms with Gasteiger partial charge in [0.25, 0.3) is 5.91 Å². The second-order valence-corrected chi connectivity index (χ2v) is 7.13. The van der Waals surface area contributed by atoms with E-state index < -0.39 is 10.0 Å². The van der Waals surface area contributed by atoms with Crippen molar-refractivity contribution in [1.29, 1.82) is 0 Å². The van der Waals surface area contributed by atoms with Crippen LogP contribution in [0.4, 0.5) is 0 Å². The Morgan fingerprint density at radius 1 is 1.14 bits per heavy atom. The van der Waals surface area contributed by atoms with Crippen LogP contribution in [0.1, 0.15) is 56.8 Å². The van der Waals surface area contributed by atoms with E-state index in [1.165, 1.54) is 12.1 Å². The highest BCUT2D eigenvalue weighted by Gasteiger charge is 2.16. The number of carbonyl (C=O) groups excluding carboxylic acids is 1. The second-order valence-electron chi connectivity index (χ2n) is 5.42. The standard InChI is InChI=1S/C16H26N2O3S/c1-4-6-7-12-17-16(19)14-8-10-15(11-9-14)22(20,21)18-13(3)5-2/h8-11,13,18H,4-7,12H2,1-3H3,(H,17,19). The summed E-state index contributed by atoms with van der Waals surface area (Å²) in [5.74, 6) is -0.171. The average molecular weight is 326 g/mol. The summed E-state index contributed by atoms with van der Waals surface area (Å²) in [4.78, 5) is 12.1. The molecule has 1 rings (SSSR count). The number of amides is 1. The topological polar surface area (TPSA) is 75.3 Å². The van der Waals surface area contributed by atoms with Crippen molar-refractivity contribution < 1.29 is 13.2 Å². The maximum Gasteiger partial charge on any atom is 0.251 e. The van der Waals surface area contributed by atoms with E-state index in [9.17, 15) is 13.2 Å². The molecule has 5 nitrogen and oxygen atoms in total. The monoisotopic (exact) mass is 326 g/mol. The molecular formula is C16H26N2O3S. The summed E-state index contributed by atoms with van der Waals surface area (Å²) in [7, 11) is -3.52. The molecule has 0 bridgehead atoms. The van der Waals surface area contributed by atoms with Gasteiger partial charge in [-0.25, -0.2) is 13.1 Å². The van der Waals surface area contributed by atoms with Crippen LogP contribution in [0.25, 0.3) is 0 Å². The molecule has 0 aliphatic carbocycles. The predicted octanol–water partition coefficient (Wildman–Crippen LogP) is 2.68. The molecule has 1 unspecified atom stereocenters. The van der Waals surface area contributed by atoms with Crippen molar-refractivity contribution in [2.24, 2.45) is 0 Å². The highest BCUT2D eigenvalue weighted by molar-refractivity contribution is 7.89. The Morgan fingerprint density at radius 3 is 2.32 bits per heavy atom. The average Bonchev–Trinajstić information content (AvgIpc) is 2.51. The first-order valence-electron chi connectivity index (χ1n) is 7.81. The highest BCUT2D eigenvalue weighted by atomic mass is 32.2. The highest BCUT2D eigenvalue weighted by Crippen LogP contribution is 2.11. The first kappa shape index (κ1) is 18.6. The van der Waals surface area contributed by atoms with Crippen LogP contribution < -0.4 is 10.0 Å². The zero-order chi connectivity index (χ0) is 16.6. The molecule has 0 spiro atoms. The maximum atomic E-state index is 12.1. The van der Waals surface area contributed by atoms with Crippen LogP contribution >= 0.6 is 0 Å². The summed E-state index contributed by atoms with van der Waals surface area (Å²) in [5.41, 5.74) is 0.471. The Kier molecular flexibility index (Phi) is 7.55. The zero-order valence-electron chi connectivity index (χ0n) is 13.6. The molecule has 2 N–H and O–H groups in total. The van der Waals surface area contributed by atoms with Gasteiger partial charge in [0.05, 0.1) is 4.90 Å². The van der Waals surface area contributed by atoms with Gasteiger partial charge in [-0.1, -0.05) is 26.7 Å². The fraction of sp³-hybridized carbons (Fsp3) is 0.562. The van der Waals surface area contributed by atoms with Gasteiger partial charge >= 0.3 is 0 Å². The molecule has 1 aromatic carbocycles. The number of nitrogens with one attached hydrogen (secondary N) is 2. The van der Waals surface area contributed by atoms with Crippen molar-refractivity contribution >= 4 is 15.9 Å². The van der Waals surface area contributed by atoms with Crippen LogP contribution in [-0.4, -0.2) is 26.9 Å². The summed E-state index contributed by atoms with van der Waals surface area (Å²) in [6.45, 7) is 6.48. The van der Waals surface area contributed by atoms with Gasteiger partial charge in [-0.2, -0.15) is 0 Å². The molecule has 0 heterocycles. The van der Waals surface area contributed by atoms with Crippen LogP contribution in [0.15, 0.2) is 29.2 Å². The first-order valence-corrected chi connectivity index (χ1v) is 9.29. The molecule has 0 aliphatic heterocycles. The van der Waals surface area contributed by atoms with E-state index >= 15 is 0 Å². The number of carbonyl (C=O) groups is 1. The molecule has 0 fully saturated rings. The van der Waals surface area contributed by atoms with Crippen LogP contribution in [0.5, 0.6) is 0 Å². The van der Waals surface area contributed by atoms with Gasteiger partial charge in [0, 0.05) is 18.2 Å². The normalized spacial score (nSPS) is 12.9. The summed E-state index contributed by atoms with van der Waals surface area (Å²) in [5, 5.41) is 2.83. The molecular weight excluding hydrogens is 300 g/mol. The van der Waals surface area contributed by atoms with Crippen molar-refractivity contribution in [2.45, 2.75) is 57.4 Å². The third-order valence-corrected chi connectivity index (χ3v) is 5.07. The number of sulfonamides is 1. The number of rotatable bonds is 9. The molecule has 124 valence electrons. The van der Waals surface area contributed by atoms with Gasteiger partial charge in [0.2, 0.25) is 10.0 Å². The lowest BCUT2D eigenvalue weighted by Gasteiger charge is -2.12. The molecule has 6 heteroatoms. The van der Waals surface area contributed by atoms with Crippen LogP contribution in [0, 0.1) is 0 Å². The molecule has 0 saturated heterocycles. The summed E-state index contributed by atoms with van der Waals surface area (Å²) < 4.78 is 26.8. The Labute approximate surface area is 133 Å². The summed E-state index contributed by atoms with van der Waals surface area (Å²) >= 11 is 0. The van der Waals surface area contributed by atoms with Gasteiger partial charge in [-0.05, 0) is 44.0 Å². The molecule has 1 aromatic rings. The van der Waals surface area contributed by atoms with Gasteiger partial charge in [0.1, 0.15) is 0 Å². The SMILES string of the molecule is CCCCCNC(=O)c1ccc(S(=O)(=O)NC(C)CC)cc1. The zero-order valence-corrected chi connectivity index (χ0v) is 14.4. The van der Waals surface area contributed by atoms with Crippen molar-refractivity contribution in [3.63, 3.8) is 0 Å². The lowest BCUT2D eigenvalue weighted by Crippen LogP contribution is -2.32. The number of benzene rings is 1. The fourth-order valence-electron chi connectivity index (χ4n) is 1.88. The van der Waals surface area contributed by atoms with Gasteiger partial charge < -0.3 is 5.32 Å². The summed E-state index contributed by atoms with van der Waals surface area (Å²) in [6, 6.07) is 5.89. The Bertz CT molecular complexity index is 568. The van der Waals surface area contributed by atoms with Crippen molar-refractivity contribution in [1.82, 2.24) is 10.0 Å². The maximum absolute atomic E-state index is 12.1. The minimum absolute atomic E-state index is 0.119. The van der Waals surface area contributed by atoms with E-state index in [1.54, 1.807) is 12.1 Å². The fourth-order valence-corrected chi connectivity index (χ4v) is 3.21. The van der Waals surface area contributed by atoms with E-state index in [-0.39, 0.29) is 16.8 Å². The molecule has 22 heavy (non-hydrogen) atoms. The largest absolute Gasteiger partial charge is 0.352 e. The third-order valence-electron chi connectivity index (χ3n) is 3.46. The van der Waals surface area contributed by atoms with E-state index in [2.05, 4.69) is 17.0 Å². The van der Waals surface area contributed by atoms with E-state index in [0.717, 1.165) is 25.7 Å². The first-order chi connectivity index (χ1) is 10.4. The Hall–Kier alpha value is -1.40. The number of unbranched alkanes of at least 4 members (excludes halogenated alkanes) is 2. The van der Waals surface area contributed by atoms with Gasteiger partial charge in [-0.3, -0.25) is 4.79 Å². The minimum Gasteiger partial charge on any atom is -0.352 e. The lowest BCUT2D eigenvalue weighted by molar-refractivity contribution is 0.0953. The molecule has 0 radical (unpaired) electrons. The molecule has 0 aromatic heterocycles. The van der Waals surface area contributed by atoms with Crippen molar-refractivity contribution in [2.75, 3.05) is 6.54 Å². The second kappa shape index (κ2) is 8.90. The Morgan fingerprint density at radius 2 is 1.77 bits per heavy atom. The van der Waals surface area contributed by atoms with E-state index in [1.807, 2.05) is 13.8 Å². The third kappa shape index (κ3) is 5.77. The van der Waals surface area contributed by atoms with Gasteiger partial charge in [0.15, 0.2) is 0 Å². The molecule has 0 aliphatic rings. The minimum atomic E-state index is -3.52. The number of hydrogen-bond donors (Lipinski definition) is 2. The van der Waals surface area contributed by atoms with Crippen LogP contribution in [0.3, 0.4) is 0 Å². The Balaban J connectivity index is 2.68. The van der Waals surface area contributed by atoms with Gasteiger partial charge in [-0.15, -0.1) is 0 Å². The number of hydrogen-bond acceptors (Lipinski definition) is 3. The van der Waals surface area contributed by atoms with Crippen molar-refractivity contribution in [3.8, 4) is 0 Å². The lowest BCUT2D eigenvalue weighted by atomic mass is 10.2. The van der Waals surface area contributed by atoms with E-state index in [4.69, 9.17) is 0 Å². The molecule has 0 saturated carbocycles. The molecule has 1 amide bonds. The molecule has 1 atom stereocenters. The van der Waals surface area contributed by atoms with E-state index in [0.29, 0.717) is 12.1 Å². The van der Waals surface area contributed by atoms with Crippen LogP contribution in [0.2, 0.25) is 0 Å². The summed E-state index contributed by atoms with van der Waals surface area (Å²) in [6.07, 6.45) is 3.86. The quantitative estimate of drug-likeness (QED) is 0.685. The smallest absolute Gasteiger partial charge is 0.251 e. The van der Waals surface area contributed by atoms with Crippen LogP contribution in [-0.2, 0) is 10.0 Å². The van der Waals surface area contributed by atoms with Crippen molar-refractivity contribution in [3.05, 3.63) is 29.8 Å². The predicted molar refractivity (Wildman–Crippen MR) is 88.4 cm³/mol.